The first-order valence-corrected chi connectivity index (χ1v) is 9.39. The van der Waals surface area contributed by atoms with E-state index < -0.39 is 11.9 Å². The molecule has 5 nitrogen and oxygen atoms in total. The molecule has 0 fully saturated rings. The number of halogens is 1. The third-order valence-corrected chi connectivity index (χ3v) is 5.11. The Bertz CT molecular complexity index is 1000. The number of hydrogen-bond acceptors (Lipinski definition) is 5. The van der Waals surface area contributed by atoms with Crippen molar-refractivity contribution < 1.29 is 14.3 Å². The highest BCUT2D eigenvalue weighted by atomic mass is 35.5. The highest BCUT2D eigenvalue weighted by molar-refractivity contribution is 7.17. The summed E-state index contributed by atoms with van der Waals surface area (Å²) in [5.74, 6) is -0.969. The fraction of sp³-hybridized carbons (Fsp3) is 0.150. The van der Waals surface area contributed by atoms with Crippen LogP contribution in [0.1, 0.15) is 20.9 Å². The molecule has 3 rings (SSSR count). The Labute approximate surface area is 166 Å². The van der Waals surface area contributed by atoms with E-state index in [0.717, 1.165) is 11.1 Å². The van der Waals surface area contributed by atoms with Crippen LogP contribution in [0, 0.1) is 13.8 Å². The van der Waals surface area contributed by atoms with E-state index >= 15 is 0 Å². The van der Waals surface area contributed by atoms with Crippen molar-refractivity contribution in [3.63, 3.8) is 0 Å². The highest BCUT2D eigenvalue weighted by Gasteiger charge is 2.19. The van der Waals surface area contributed by atoms with Gasteiger partial charge in [-0.2, -0.15) is 0 Å². The fourth-order valence-electron chi connectivity index (χ4n) is 2.45. The molecule has 2 aromatic carbocycles. The molecule has 0 unspecified atom stereocenters. The SMILES string of the molecule is Cc1cccc(NC(=O)COC(=O)c2sc(-c3cccc(Cl)c3)nc2C)c1. The van der Waals surface area contributed by atoms with Crippen molar-refractivity contribution in [3.05, 3.63) is 69.7 Å². The summed E-state index contributed by atoms with van der Waals surface area (Å²) in [6.07, 6.45) is 0. The molecule has 1 amide bonds. The number of hydrogen-bond donors (Lipinski definition) is 1. The maximum atomic E-state index is 12.3. The number of nitrogens with one attached hydrogen (secondary N) is 1. The Kier molecular flexibility index (Phi) is 5.88. The minimum atomic E-state index is -0.572. The summed E-state index contributed by atoms with van der Waals surface area (Å²) < 4.78 is 5.14. The van der Waals surface area contributed by atoms with E-state index in [4.69, 9.17) is 16.3 Å². The first kappa shape index (κ1) is 19.1. The van der Waals surface area contributed by atoms with Gasteiger partial charge in [0.15, 0.2) is 6.61 Å². The number of thiazole rings is 1. The molecule has 0 spiro atoms. The molecule has 0 aliphatic carbocycles. The lowest BCUT2D eigenvalue weighted by molar-refractivity contribution is -0.119. The third kappa shape index (κ3) is 4.93. The standard InChI is InChI=1S/C20H17ClN2O3S/c1-12-5-3-8-16(9-12)23-17(24)11-26-20(25)18-13(2)22-19(27-18)14-6-4-7-15(21)10-14/h3-10H,11H2,1-2H3,(H,23,24). The van der Waals surface area contributed by atoms with Gasteiger partial charge in [0, 0.05) is 16.3 Å². The number of esters is 1. The van der Waals surface area contributed by atoms with Crippen LogP contribution < -0.4 is 5.32 Å². The van der Waals surface area contributed by atoms with Gasteiger partial charge in [0.2, 0.25) is 0 Å². The lowest BCUT2D eigenvalue weighted by Crippen LogP contribution is -2.20. The normalized spacial score (nSPS) is 10.5. The van der Waals surface area contributed by atoms with Gasteiger partial charge in [-0.15, -0.1) is 11.3 Å². The maximum Gasteiger partial charge on any atom is 0.350 e. The number of aromatic nitrogens is 1. The summed E-state index contributed by atoms with van der Waals surface area (Å²) in [5, 5.41) is 3.97. The van der Waals surface area contributed by atoms with Crippen LogP contribution in [0.3, 0.4) is 0 Å². The number of carbonyl (C=O) groups is 2. The molecule has 0 atom stereocenters. The van der Waals surface area contributed by atoms with Crippen molar-refractivity contribution in [2.75, 3.05) is 11.9 Å². The Hall–Kier alpha value is -2.70. The van der Waals surface area contributed by atoms with Crippen LogP contribution in [-0.4, -0.2) is 23.5 Å². The smallest absolute Gasteiger partial charge is 0.350 e. The van der Waals surface area contributed by atoms with Gasteiger partial charge in [-0.25, -0.2) is 9.78 Å². The van der Waals surface area contributed by atoms with Crippen LogP contribution >= 0.6 is 22.9 Å². The van der Waals surface area contributed by atoms with Gasteiger partial charge >= 0.3 is 5.97 Å². The summed E-state index contributed by atoms with van der Waals surface area (Å²) in [5.41, 5.74) is 3.07. The second kappa shape index (κ2) is 8.33. The van der Waals surface area contributed by atoms with Gasteiger partial charge < -0.3 is 10.1 Å². The van der Waals surface area contributed by atoms with Crippen molar-refractivity contribution >= 4 is 40.5 Å². The Morgan fingerprint density at radius 3 is 2.67 bits per heavy atom. The molecule has 1 aromatic heterocycles. The average molecular weight is 401 g/mol. The van der Waals surface area contributed by atoms with Crippen molar-refractivity contribution in [1.29, 1.82) is 0 Å². The quantitative estimate of drug-likeness (QED) is 0.620. The van der Waals surface area contributed by atoms with Crippen molar-refractivity contribution in [2.24, 2.45) is 0 Å². The summed E-state index contributed by atoms with van der Waals surface area (Å²) >= 11 is 7.22. The first-order chi connectivity index (χ1) is 12.9. The molecule has 3 aromatic rings. The zero-order valence-electron chi connectivity index (χ0n) is 14.8. The van der Waals surface area contributed by atoms with E-state index in [-0.39, 0.29) is 6.61 Å². The molecule has 0 radical (unpaired) electrons. The van der Waals surface area contributed by atoms with E-state index in [1.54, 1.807) is 25.1 Å². The number of rotatable bonds is 5. The third-order valence-electron chi connectivity index (χ3n) is 3.69. The van der Waals surface area contributed by atoms with Gasteiger partial charge in [0.1, 0.15) is 9.88 Å². The minimum Gasteiger partial charge on any atom is -0.451 e. The van der Waals surface area contributed by atoms with Crippen LogP contribution in [0.15, 0.2) is 48.5 Å². The van der Waals surface area contributed by atoms with E-state index in [1.165, 1.54) is 11.3 Å². The van der Waals surface area contributed by atoms with Gasteiger partial charge in [-0.05, 0) is 43.7 Å². The number of nitrogens with zero attached hydrogens (tertiary/aromatic N) is 1. The minimum absolute atomic E-state index is 0.364. The van der Waals surface area contributed by atoms with Gasteiger partial charge in [0.25, 0.3) is 5.91 Å². The van der Waals surface area contributed by atoms with E-state index in [1.807, 2.05) is 37.3 Å². The lowest BCUT2D eigenvalue weighted by atomic mass is 10.2. The Morgan fingerprint density at radius 1 is 1.15 bits per heavy atom. The van der Waals surface area contributed by atoms with Crippen molar-refractivity contribution in [1.82, 2.24) is 4.98 Å². The summed E-state index contributed by atoms with van der Waals surface area (Å²) in [4.78, 5) is 29.1. The number of anilines is 1. The second-order valence-electron chi connectivity index (χ2n) is 5.94. The molecule has 0 saturated heterocycles. The van der Waals surface area contributed by atoms with E-state index in [9.17, 15) is 9.59 Å². The number of amides is 1. The maximum absolute atomic E-state index is 12.3. The van der Waals surface area contributed by atoms with Crippen LogP contribution in [0.2, 0.25) is 5.02 Å². The zero-order chi connectivity index (χ0) is 19.4. The van der Waals surface area contributed by atoms with E-state index in [2.05, 4.69) is 10.3 Å². The molecule has 0 bridgehead atoms. The van der Waals surface area contributed by atoms with Crippen LogP contribution in [-0.2, 0) is 9.53 Å². The molecule has 0 saturated carbocycles. The Morgan fingerprint density at radius 2 is 1.93 bits per heavy atom. The second-order valence-corrected chi connectivity index (χ2v) is 7.37. The van der Waals surface area contributed by atoms with Gasteiger partial charge in [0.05, 0.1) is 5.69 Å². The predicted octanol–water partition coefficient (Wildman–Crippen LogP) is 4.88. The average Bonchev–Trinajstić information content (AvgIpc) is 3.02. The number of ether oxygens (including phenoxy) is 1. The van der Waals surface area contributed by atoms with Crippen molar-refractivity contribution in [2.45, 2.75) is 13.8 Å². The Balaban J connectivity index is 1.63. The molecule has 27 heavy (non-hydrogen) atoms. The molecule has 138 valence electrons. The van der Waals surface area contributed by atoms with Crippen LogP contribution in [0.4, 0.5) is 5.69 Å². The fourth-order valence-corrected chi connectivity index (χ4v) is 3.59. The van der Waals surface area contributed by atoms with Gasteiger partial charge in [-0.1, -0.05) is 35.9 Å². The molecular weight excluding hydrogens is 384 g/mol. The molecular formula is C20H17ClN2O3S. The summed E-state index contributed by atoms with van der Waals surface area (Å²) in [6.45, 7) is 3.30. The number of aryl methyl sites for hydroxylation is 2. The van der Waals surface area contributed by atoms with Gasteiger partial charge in [-0.3, -0.25) is 4.79 Å². The van der Waals surface area contributed by atoms with Crippen LogP contribution in [0.5, 0.6) is 0 Å². The van der Waals surface area contributed by atoms with Crippen LogP contribution in [0.25, 0.3) is 10.6 Å². The molecule has 0 aliphatic rings. The van der Waals surface area contributed by atoms with Crippen molar-refractivity contribution in [3.8, 4) is 10.6 Å². The monoisotopic (exact) mass is 400 g/mol. The summed E-state index contributed by atoms with van der Waals surface area (Å²) in [7, 11) is 0. The first-order valence-electron chi connectivity index (χ1n) is 8.19. The number of carbonyl (C=O) groups excluding carboxylic acids is 2. The molecule has 1 N–H and O–H groups in total. The molecule has 0 aliphatic heterocycles. The largest absolute Gasteiger partial charge is 0.451 e. The predicted molar refractivity (Wildman–Crippen MR) is 107 cm³/mol. The topological polar surface area (TPSA) is 68.3 Å². The summed E-state index contributed by atoms with van der Waals surface area (Å²) in [6, 6.07) is 14.6. The molecule has 7 heteroatoms. The number of benzene rings is 2. The van der Waals surface area contributed by atoms with E-state index in [0.29, 0.717) is 26.3 Å². The highest BCUT2D eigenvalue weighted by Crippen LogP contribution is 2.29. The zero-order valence-corrected chi connectivity index (χ0v) is 16.4. The lowest BCUT2D eigenvalue weighted by Gasteiger charge is -2.06. The molecule has 1 heterocycles.